The van der Waals surface area contributed by atoms with Gasteiger partial charge in [-0.25, -0.2) is 18.2 Å². The molecule has 4 heterocycles. The van der Waals surface area contributed by atoms with Gasteiger partial charge >= 0.3 is 5.97 Å². The maximum Gasteiger partial charge on any atom is 0.337 e. The van der Waals surface area contributed by atoms with Gasteiger partial charge in [0, 0.05) is 54.0 Å². The quantitative estimate of drug-likeness (QED) is 0.338. The molecule has 2 aliphatic heterocycles. The van der Waals surface area contributed by atoms with Crippen LogP contribution in [0.3, 0.4) is 0 Å². The van der Waals surface area contributed by atoms with Crippen molar-refractivity contribution in [3.8, 4) is 16.9 Å². The largest absolute Gasteiger partial charge is 0.493 e. The number of fused-ring (bicyclic) bond motifs is 1. The van der Waals surface area contributed by atoms with E-state index in [0.29, 0.717) is 30.4 Å². The smallest absolute Gasteiger partial charge is 0.337 e. The lowest BCUT2D eigenvalue weighted by atomic mass is 9.89. The molecule has 9 nitrogen and oxygen atoms in total. The van der Waals surface area contributed by atoms with Crippen LogP contribution in [0.15, 0.2) is 30.5 Å². The van der Waals surface area contributed by atoms with Gasteiger partial charge in [0.2, 0.25) is 0 Å². The molecule has 0 aliphatic carbocycles. The molecule has 0 unspecified atom stereocenters. The Morgan fingerprint density at radius 2 is 2.00 bits per heavy atom. The van der Waals surface area contributed by atoms with Gasteiger partial charge in [0.15, 0.2) is 21.1 Å². The highest BCUT2D eigenvalue weighted by Gasteiger charge is 2.37. The van der Waals surface area contributed by atoms with Gasteiger partial charge in [-0.3, -0.25) is 4.98 Å². The van der Waals surface area contributed by atoms with Crippen LogP contribution >= 0.6 is 11.3 Å². The lowest BCUT2D eigenvalue weighted by Gasteiger charge is -2.37. The molecule has 2 aliphatic rings. The van der Waals surface area contributed by atoms with Gasteiger partial charge in [-0.1, -0.05) is 11.3 Å². The Hall–Kier alpha value is -3.28. The van der Waals surface area contributed by atoms with Crippen LogP contribution in [0.1, 0.15) is 43.6 Å². The van der Waals surface area contributed by atoms with E-state index < -0.39 is 32.8 Å². The number of ether oxygens (including phenoxy) is 2. The Kier molecular flexibility index (Phi) is 6.32. The maximum absolute atomic E-state index is 12.7. The normalized spacial score (nSPS) is 16.7. The number of aryl methyl sites for hydroxylation is 1. The van der Waals surface area contributed by atoms with Crippen LogP contribution in [-0.4, -0.2) is 66.3 Å². The molecule has 1 fully saturated rings. The van der Waals surface area contributed by atoms with Gasteiger partial charge in [0.1, 0.15) is 5.75 Å². The number of pyridine rings is 1. The second-order valence-electron chi connectivity index (χ2n) is 11.5. The molecule has 0 amide bonds. The number of rotatable bonds is 6. The summed E-state index contributed by atoms with van der Waals surface area (Å²) < 4.78 is 37.0. The summed E-state index contributed by atoms with van der Waals surface area (Å²) in [5.41, 5.74) is 4.67. The molecule has 4 aromatic rings. The molecule has 6 rings (SSSR count). The van der Waals surface area contributed by atoms with Crippen molar-refractivity contribution in [2.24, 2.45) is 0 Å². The first-order valence-electron chi connectivity index (χ1n) is 13.1. The monoisotopic (exact) mass is 581 g/mol. The van der Waals surface area contributed by atoms with Crippen LogP contribution in [0.5, 0.6) is 5.75 Å². The first kappa shape index (κ1) is 26.9. The first-order chi connectivity index (χ1) is 18.8. The Bertz CT molecular complexity index is 1780. The number of aliphatic carboxylic acids is 1. The van der Waals surface area contributed by atoms with Crippen LogP contribution < -0.4 is 9.64 Å². The fourth-order valence-corrected chi connectivity index (χ4v) is 7.53. The fraction of sp³-hybridized carbons (Fsp3) is 0.414. The average Bonchev–Trinajstić information content (AvgIpc) is 3.23. The van der Waals surface area contributed by atoms with Crippen LogP contribution in [0.2, 0.25) is 0 Å². The zero-order valence-electron chi connectivity index (χ0n) is 23.0. The van der Waals surface area contributed by atoms with Crippen molar-refractivity contribution in [1.82, 2.24) is 9.97 Å². The van der Waals surface area contributed by atoms with E-state index in [1.165, 1.54) is 17.6 Å². The van der Waals surface area contributed by atoms with Crippen LogP contribution in [0, 0.1) is 6.92 Å². The minimum Gasteiger partial charge on any atom is -0.493 e. The summed E-state index contributed by atoms with van der Waals surface area (Å²) in [5, 5.41) is 11.6. The number of carboxylic acids is 1. The van der Waals surface area contributed by atoms with Crippen molar-refractivity contribution in [1.29, 1.82) is 0 Å². The molecule has 210 valence electrons. The molecule has 2 aromatic heterocycles. The summed E-state index contributed by atoms with van der Waals surface area (Å²) in [6, 6.07) is 7.76. The predicted molar refractivity (Wildman–Crippen MR) is 156 cm³/mol. The Morgan fingerprint density at radius 3 is 2.67 bits per heavy atom. The van der Waals surface area contributed by atoms with Crippen LogP contribution in [0.4, 0.5) is 5.13 Å². The summed E-state index contributed by atoms with van der Waals surface area (Å²) in [5.74, 6) is -0.321. The van der Waals surface area contributed by atoms with Crippen molar-refractivity contribution in [2.45, 2.75) is 51.1 Å². The average molecular weight is 582 g/mol. The van der Waals surface area contributed by atoms with Gasteiger partial charge < -0.3 is 19.5 Å². The van der Waals surface area contributed by atoms with Gasteiger partial charge in [0.05, 0.1) is 33.2 Å². The predicted octanol–water partition coefficient (Wildman–Crippen LogP) is 4.93. The molecule has 0 radical (unpaired) electrons. The molecule has 1 N–H and O–H groups in total. The highest BCUT2D eigenvalue weighted by molar-refractivity contribution is 7.91. The van der Waals surface area contributed by atoms with Crippen molar-refractivity contribution in [3.63, 3.8) is 0 Å². The highest BCUT2D eigenvalue weighted by atomic mass is 32.2. The van der Waals surface area contributed by atoms with Crippen molar-refractivity contribution >= 4 is 53.4 Å². The minimum atomic E-state index is -3.14. The third kappa shape index (κ3) is 4.59. The molecule has 40 heavy (non-hydrogen) atoms. The Morgan fingerprint density at radius 1 is 1.25 bits per heavy atom. The summed E-state index contributed by atoms with van der Waals surface area (Å²) >= 11 is 1.43. The van der Waals surface area contributed by atoms with E-state index >= 15 is 0 Å². The lowest BCUT2D eigenvalue weighted by molar-refractivity contribution is -0.160. The molecular formula is C29H31N3O6S2. The summed E-state index contributed by atoms with van der Waals surface area (Å²) in [7, 11) is -3.14. The van der Waals surface area contributed by atoms with Crippen molar-refractivity contribution in [2.75, 3.05) is 30.9 Å². The highest BCUT2D eigenvalue weighted by Crippen LogP contribution is 2.47. The van der Waals surface area contributed by atoms with Gasteiger partial charge in [-0.15, -0.1) is 0 Å². The molecule has 1 atom stereocenters. The SMILES string of the molecule is Cc1cc2nc(N3CC(S(C)(=O)=O)C3)sc2c(-c2ccc3c4c(ccnc24)CCO3)c1[C@H](OC(C)(C)C)C(=O)O. The van der Waals surface area contributed by atoms with E-state index in [1.54, 1.807) is 6.20 Å². The molecule has 0 spiro atoms. The number of carboxylic acid groups (broad SMARTS) is 1. The number of nitrogens with zero attached hydrogens (tertiary/aromatic N) is 3. The molecule has 11 heteroatoms. The summed E-state index contributed by atoms with van der Waals surface area (Å²) in [6.45, 7) is 8.74. The van der Waals surface area contributed by atoms with Gasteiger partial charge in [-0.2, -0.15) is 0 Å². The Balaban J connectivity index is 1.62. The maximum atomic E-state index is 12.7. The molecule has 0 saturated carbocycles. The second kappa shape index (κ2) is 9.39. The van der Waals surface area contributed by atoms with E-state index in [4.69, 9.17) is 19.4 Å². The molecule has 2 aromatic carbocycles. The first-order valence-corrected chi connectivity index (χ1v) is 15.9. The van der Waals surface area contributed by atoms with E-state index in [9.17, 15) is 18.3 Å². The third-order valence-corrected chi connectivity index (χ3v) is 10.1. The molecule has 1 saturated heterocycles. The van der Waals surface area contributed by atoms with Crippen molar-refractivity contribution in [3.05, 3.63) is 47.2 Å². The standard InChI is InChI=1S/C29H31N3O6S2/c1-15-12-19-26(39-28(31-19)32-13-17(14-32)40(5,35)36)23(21(15)25(27(33)34)38-29(2,3)4)18-6-7-20-22-16(9-11-37-20)8-10-30-24(18)22/h6-8,10,12,17,25H,9,11,13-14H2,1-5H3,(H,33,34)/t25-/m0/s1. The van der Waals surface area contributed by atoms with Gasteiger partial charge in [0.25, 0.3) is 0 Å². The number of hydrogen-bond donors (Lipinski definition) is 1. The van der Waals surface area contributed by atoms with Gasteiger partial charge in [-0.05, 0) is 63.1 Å². The number of thiazole rings is 1. The van der Waals surface area contributed by atoms with Crippen molar-refractivity contribution < 1.29 is 27.8 Å². The summed E-state index contributed by atoms with van der Waals surface area (Å²) in [4.78, 5) is 24.3. The zero-order valence-corrected chi connectivity index (χ0v) is 24.6. The van der Waals surface area contributed by atoms with E-state index in [0.717, 1.165) is 55.5 Å². The Labute approximate surface area is 236 Å². The van der Waals surface area contributed by atoms with E-state index in [-0.39, 0.29) is 0 Å². The number of carbonyl (C=O) groups is 1. The lowest BCUT2D eigenvalue weighted by Crippen LogP contribution is -2.54. The topological polar surface area (TPSA) is 119 Å². The number of aromatic nitrogens is 2. The number of hydrogen-bond acceptors (Lipinski definition) is 9. The fourth-order valence-electron chi connectivity index (χ4n) is 5.49. The number of anilines is 1. The summed E-state index contributed by atoms with van der Waals surface area (Å²) in [6.07, 6.45) is 2.58. The molecular weight excluding hydrogens is 550 g/mol. The third-order valence-electron chi connectivity index (χ3n) is 7.44. The minimum absolute atomic E-state index is 0.380. The number of benzene rings is 2. The van der Waals surface area contributed by atoms with Crippen LogP contribution in [-0.2, 0) is 25.8 Å². The van der Waals surface area contributed by atoms with E-state index in [1.807, 2.05) is 56.9 Å². The zero-order chi connectivity index (χ0) is 28.6. The molecule has 0 bridgehead atoms. The van der Waals surface area contributed by atoms with E-state index in [2.05, 4.69) is 0 Å². The number of sulfone groups is 1. The second-order valence-corrected chi connectivity index (χ2v) is 14.8. The van der Waals surface area contributed by atoms with Crippen LogP contribution in [0.25, 0.3) is 32.2 Å².